The molecule has 0 heterocycles. The van der Waals surface area contributed by atoms with Crippen LogP contribution in [0, 0.1) is 12.8 Å². The summed E-state index contributed by atoms with van der Waals surface area (Å²) in [5.41, 5.74) is 1.52. The summed E-state index contributed by atoms with van der Waals surface area (Å²) in [6, 6.07) is 8.94. The van der Waals surface area contributed by atoms with Gasteiger partial charge in [0.1, 0.15) is 5.75 Å². The highest BCUT2D eigenvalue weighted by atomic mass is 16.5. The number of hydrogen-bond donors (Lipinski definition) is 0. The average molecular weight is 330 g/mol. The van der Waals surface area contributed by atoms with E-state index in [-0.39, 0.29) is 0 Å². The van der Waals surface area contributed by atoms with Gasteiger partial charge in [0, 0.05) is 0 Å². The molecule has 0 N–H and O–H groups in total. The van der Waals surface area contributed by atoms with E-state index in [1.807, 2.05) is 0 Å². The first-order chi connectivity index (χ1) is 11.8. The first-order valence-electron chi connectivity index (χ1n) is 10.4. The Labute approximate surface area is 150 Å². The summed E-state index contributed by atoms with van der Waals surface area (Å²) in [5, 5.41) is 0. The molecule has 1 fully saturated rings. The van der Waals surface area contributed by atoms with Gasteiger partial charge in [-0.3, -0.25) is 0 Å². The number of benzene rings is 1. The van der Waals surface area contributed by atoms with Gasteiger partial charge in [0.05, 0.1) is 6.61 Å². The second-order valence-electron chi connectivity index (χ2n) is 7.55. The van der Waals surface area contributed by atoms with Crippen molar-refractivity contribution in [2.75, 3.05) is 6.61 Å². The molecule has 1 aliphatic rings. The van der Waals surface area contributed by atoms with Gasteiger partial charge in [-0.25, -0.2) is 0 Å². The van der Waals surface area contributed by atoms with Crippen LogP contribution in [0.5, 0.6) is 5.75 Å². The lowest BCUT2D eigenvalue weighted by Gasteiger charge is -2.29. The van der Waals surface area contributed by atoms with E-state index in [2.05, 4.69) is 38.1 Å². The zero-order valence-corrected chi connectivity index (χ0v) is 15.8. The Morgan fingerprint density at radius 2 is 1.67 bits per heavy atom. The van der Waals surface area contributed by atoms with Crippen LogP contribution < -0.4 is 4.74 Å². The number of hydrogen-bond acceptors (Lipinski definition) is 1. The maximum absolute atomic E-state index is 5.85. The zero-order chi connectivity index (χ0) is 17.0. The van der Waals surface area contributed by atoms with Crippen molar-refractivity contribution >= 4 is 0 Å². The van der Waals surface area contributed by atoms with Crippen LogP contribution in [0.15, 0.2) is 24.3 Å². The van der Waals surface area contributed by atoms with Crippen LogP contribution in [-0.2, 0) is 0 Å². The molecule has 1 radical (unpaired) electrons. The molecule has 1 saturated carbocycles. The van der Waals surface area contributed by atoms with Gasteiger partial charge in [0.2, 0.25) is 0 Å². The van der Waals surface area contributed by atoms with Gasteiger partial charge >= 0.3 is 0 Å². The largest absolute Gasteiger partial charge is 0.494 e. The highest BCUT2D eigenvalue weighted by molar-refractivity contribution is 5.29. The lowest BCUT2D eigenvalue weighted by Crippen LogP contribution is -2.13. The van der Waals surface area contributed by atoms with Crippen LogP contribution in [0.3, 0.4) is 0 Å². The van der Waals surface area contributed by atoms with Gasteiger partial charge in [-0.1, -0.05) is 70.9 Å². The zero-order valence-electron chi connectivity index (χ0n) is 15.8. The van der Waals surface area contributed by atoms with E-state index in [0.29, 0.717) is 0 Å². The minimum Gasteiger partial charge on any atom is -0.494 e. The van der Waals surface area contributed by atoms with Gasteiger partial charge in [0.25, 0.3) is 0 Å². The van der Waals surface area contributed by atoms with E-state index in [0.717, 1.165) is 37.0 Å². The van der Waals surface area contributed by atoms with Crippen LogP contribution >= 0.6 is 0 Å². The van der Waals surface area contributed by atoms with Crippen LogP contribution in [-0.4, -0.2) is 6.61 Å². The summed E-state index contributed by atoms with van der Waals surface area (Å²) in [6.45, 7) is 7.01. The molecular formula is C23H37O. The molecule has 0 aromatic heterocycles. The molecule has 0 amide bonds. The van der Waals surface area contributed by atoms with E-state index in [1.165, 1.54) is 69.8 Å². The van der Waals surface area contributed by atoms with Gasteiger partial charge < -0.3 is 4.74 Å². The SMILES string of the molecule is [CH2]CCCCCOc1ccc(C2CCC(CCCCC)CC2)cc1. The summed E-state index contributed by atoms with van der Waals surface area (Å²) in [5.74, 6) is 2.80. The van der Waals surface area contributed by atoms with Crippen molar-refractivity contribution in [3.05, 3.63) is 36.8 Å². The summed E-state index contributed by atoms with van der Waals surface area (Å²) < 4.78 is 5.85. The topological polar surface area (TPSA) is 9.23 Å². The molecule has 0 unspecified atom stereocenters. The third-order valence-electron chi connectivity index (χ3n) is 5.58. The molecule has 1 aromatic carbocycles. The van der Waals surface area contributed by atoms with E-state index in [1.54, 1.807) is 0 Å². The van der Waals surface area contributed by atoms with Gasteiger partial charge in [0.15, 0.2) is 0 Å². The Morgan fingerprint density at radius 3 is 2.33 bits per heavy atom. The molecule has 0 saturated heterocycles. The third-order valence-corrected chi connectivity index (χ3v) is 5.58. The summed E-state index contributed by atoms with van der Waals surface area (Å²) in [6.07, 6.45) is 15.9. The quantitative estimate of drug-likeness (QED) is 0.387. The molecule has 0 spiro atoms. The molecule has 0 aliphatic heterocycles. The second-order valence-corrected chi connectivity index (χ2v) is 7.55. The summed E-state index contributed by atoms with van der Waals surface area (Å²) >= 11 is 0. The van der Waals surface area contributed by atoms with E-state index >= 15 is 0 Å². The number of ether oxygens (including phenoxy) is 1. The van der Waals surface area contributed by atoms with Crippen LogP contribution in [0.25, 0.3) is 0 Å². The van der Waals surface area contributed by atoms with Crippen LogP contribution in [0.2, 0.25) is 0 Å². The summed E-state index contributed by atoms with van der Waals surface area (Å²) in [7, 11) is 0. The van der Waals surface area contributed by atoms with Crippen molar-refractivity contribution in [2.45, 2.75) is 89.9 Å². The average Bonchev–Trinajstić information content (AvgIpc) is 2.63. The van der Waals surface area contributed by atoms with E-state index in [4.69, 9.17) is 4.74 Å². The van der Waals surface area contributed by atoms with Crippen molar-refractivity contribution in [1.29, 1.82) is 0 Å². The predicted molar refractivity (Wildman–Crippen MR) is 105 cm³/mol. The first-order valence-corrected chi connectivity index (χ1v) is 10.4. The van der Waals surface area contributed by atoms with Gasteiger partial charge in [-0.2, -0.15) is 0 Å². The van der Waals surface area contributed by atoms with Gasteiger partial charge in [-0.15, -0.1) is 0 Å². The van der Waals surface area contributed by atoms with Crippen LogP contribution in [0.4, 0.5) is 0 Å². The molecule has 1 aliphatic carbocycles. The predicted octanol–water partition coefficient (Wildman–Crippen LogP) is 7.31. The Hall–Kier alpha value is -0.980. The molecule has 2 rings (SSSR count). The van der Waals surface area contributed by atoms with Gasteiger partial charge in [-0.05, 0) is 61.6 Å². The Kier molecular flexibility index (Phi) is 9.31. The van der Waals surface area contributed by atoms with Crippen LogP contribution in [0.1, 0.15) is 95.5 Å². The molecule has 24 heavy (non-hydrogen) atoms. The fraction of sp³-hybridized carbons (Fsp3) is 0.696. The maximum Gasteiger partial charge on any atom is 0.119 e. The minimum atomic E-state index is 0.776. The third kappa shape index (κ3) is 6.87. The highest BCUT2D eigenvalue weighted by Gasteiger charge is 2.21. The Balaban J connectivity index is 1.68. The molecule has 1 heteroatoms. The molecule has 135 valence electrons. The van der Waals surface area contributed by atoms with Crippen molar-refractivity contribution in [3.63, 3.8) is 0 Å². The number of rotatable bonds is 11. The molecule has 1 nitrogen and oxygen atoms in total. The van der Waals surface area contributed by atoms with Crippen molar-refractivity contribution < 1.29 is 4.74 Å². The highest BCUT2D eigenvalue weighted by Crippen LogP contribution is 2.38. The van der Waals surface area contributed by atoms with Crippen molar-refractivity contribution in [2.24, 2.45) is 5.92 Å². The van der Waals surface area contributed by atoms with Crippen molar-refractivity contribution in [1.82, 2.24) is 0 Å². The van der Waals surface area contributed by atoms with Crippen molar-refractivity contribution in [3.8, 4) is 5.75 Å². The molecule has 1 aromatic rings. The van der Waals surface area contributed by atoms with E-state index in [9.17, 15) is 0 Å². The minimum absolute atomic E-state index is 0.776. The Morgan fingerprint density at radius 1 is 0.917 bits per heavy atom. The normalized spacial score (nSPS) is 20.9. The molecule has 0 bridgehead atoms. The first kappa shape index (κ1) is 19.3. The standard InChI is InChI=1S/C23H37O/c1-3-5-7-9-19-24-23-17-15-22(16-18-23)21-13-11-20(12-14-21)10-8-6-4-2/h15-18,20-21H,1,3-14,19H2,2H3. The fourth-order valence-electron chi connectivity index (χ4n) is 3.95. The maximum atomic E-state index is 5.85. The Bertz CT molecular complexity index is 414. The van der Waals surface area contributed by atoms with E-state index < -0.39 is 0 Å². The summed E-state index contributed by atoms with van der Waals surface area (Å²) in [4.78, 5) is 0. The number of unbranched alkanes of at least 4 members (excludes halogenated alkanes) is 5. The monoisotopic (exact) mass is 329 g/mol. The lowest BCUT2D eigenvalue weighted by molar-refractivity contribution is 0.300. The second kappa shape index (κ2) is 11.6. The molecular weight excluding hydrogens is 292 g/mol. The smallest absolute Gasteiger partial charge is 0.119 e. The fourth-order valence-corrected chi connectivity index (χ4v) is 3.95. The lowest BCUT2D eigenvalue weighted by atomic mass is 9.77. The molecule has 0 atom stereocenters.